The van der Waals surface area contributed by atoms with Crippen LogP contribution in [0.5, 0.6) is 0 Å². The van der Waals surface area contributed by atoms with E-state index in [-0.39, 0.29) is 43.3 Å². The van der Waals surface area contributed by atoms with E-state index in [1.807, 2.05) is 0 Å². The van der Waals surface area contributed by atoms with Crippen molar-refractivity contribution in [2.75, 3.05) is 28.2 Å². The van der Waals surface area contributed by atoms with Crippen LogP contribution in [-0.4, -0.2) is 71.2 Å². The molecule has 0 radical (unpaired) electrons. The quantitative estimate of drug-likeness (QED) is 0.101. The van der Waals surface area contributed by atoms with E-state index < -0.39 is 22.4 Å². The molecule has 4 N–H and O–H groups in total. The molecule has 18 rings (SSSR count). The summed E-state index contributed by atoms with van der Waals surface area (Å²) in [6, 6.07) is 104. The molecule has 0 aromatic heterocycles. The van der Waals surface area contributed by atoms with Crippen LogP contribution in [0.2, 0.25) is 0 Å². The van der Waals surface area contributed by atoms with Crippen molar-refractivity contribution in [3.8, 4) is 89.0 Å². The SMILES string of the molecule is CC(C)(C)c1ccc2c(c1)C(O)(c1ccccc1-c1ccc(-c3ccccc3C3(O)c4cc(C(C)(C)C)ccc4-c4ccc(C(C)(C)C)cc43)cc1)c1cc(C(C)(C)C)ccc1-2.CC(C)(C)c1ccc2c(c1)C(O)(c1ccccc1-c1ccc(-c3ccccc3C3(O)c4cc(C(C)(C)C)ccc4-c4ccc(C(C)(C)C)cc43)cc1)c1cc(C(C)(C)C)ccc1-2.CN(C)C=O.CN(C)C=O. The number of carbonyl (C=O) groups is 2. The van der Waals surface area contributed by atoms with Crippen molar-refractivity contribution in [3.63, 3.8) is 0 Å². The minimum atomic E-state index is -1.38. The van der Waals surface area contributed by atoms with Gasteiger partial charge in [0.15, 0.2) is 0 Å². The number of nitrogens with zero attached hydrogens (tertiary/aromatic N) is 2. The number of aliphatic hydroxyl groups is 4. The van der Waals surface area contributed by atoms with E-state index in [0.29, 0.717) is 0 Å². The Kier molecular flexibility index (Phi) is 24.9. The fraction of sp³-hybridized carbons (Fsp3) is 0.317. The van der Waals surface area contributed by atoms with E-state index in [4.69, 9.17) is 0 Å². The summed E-state index contributed by atoms with van der Waals surface area (Å²) in [5.41, 5.74) is 30.8. The fourth-order valence-electron chi connectivity index (χ4n) is 20.0. The zero-order valence-electron chi connectivity index (χ0n) is 84.4. The highest BCUT2D eigenvalue weighted by Crippen LogP contribution is 2.61. The third-order valence-corrected chi connectivity index (χ3v) is 28.1. The number of fused-ring (bicyclic) bond motifs is 12. The van der Waals surface area contributed by atoms with Crippen LogP contribution < -0.4 is 0 Å². The Hall–Kier alpha value is -12.1. The van der Waals surface area contributed by atoms with Crippen LogP contribution >= 0.6 is 0 Å². The van der Waals surface area contributed by atoms with Gasteiger partial charge in [0.25, 0.3) is 0 Å². The maximum Gasteiger partial charge on any atom is 0.209 e. The van der Waals surface area contributed by atoms with Gasteiger partial charge in [-0.2, -0.15) is 0 Å². The van der Waals surface area contributed by atoms with Gasteiger partial charge in [-0.3, -0.25) is 9.59 Å². The predicted molar refractivity (Wildman–Crippen MR) is 560 cm³/mol. The first-order valence-corrected chi connectivity index (χ1v) is 47.5. The van der Waals surface area contributed by atoms with Crippen molar-refractivity contribution >= 4 is 12.8 Å². The Bertz CT molecular complexity index is 5790. The molecular formula is C126H138N2O6. The summed E-state index contributed by atoms with van der Waals surface area (Å²) in [5.74, 6) is 0. The lowest BCUT2D eigenvalue weighted by Crippen LogP contribution is -2.28. The lowest BCUT2D eigenvalue weighted by molar-refractivity contribution is -0.116. The van der Waals surface area contributed by atoms with Gasteiger partial charge in [-0.1, -0.05) is 457 Å². The molecule has 134 heavy (non-hydrogen) atoms. The Morgan fingerprint density at radius 3 is 0.410 bits per heavy atom. The Morgan fingerprint density at radius 2 is 0.299 bits per heavy atom. The Morgan fingerprint density at radius 1 is 0.179 bits per heavy atom. The normalized spacial score (nSPS) is 14.6. The smallest absolute Gasteiger partial charge is 0.209 e. The second-order valence-corrected chi connectivity index (χ2v) is 46.4. The molecule has 8 nitrogen and oxygen atoms in total. The maximum absolute atomic E-state index is 13.6. The lowest BCUT2D eigenvalue weighted by Gasteiger charge is -2.32. The van der Waals surface area contributed by atoms with Crippen LogP contribution in [0.3, 0.4) is 0 Å². The molecule has 2 amide bonds. The van der Waals surface area contributed by atoms with E-state index in [0.717, 1.165) is 169 Å². The van der Waals surface area contributed by atoms with Gasteiger partial charge in [-0.15, -0.1) is 0 Å². The zero-order chi connectivity index (χ0) is 97.3. The predicted octanol–water partition coefficient (Wildman–Crippen LogP) is 28.9. The second-order valence-electron chi connectivity index (χ2n) is 46.4. The highest BCUT2D eigenvalue weighted by Gasteiger charge is 2.51. The van der Waals surface area contributed by atoms with Gasteiger partial charge in [0.2, 0.25) is 12.8 Å². The maximum atomic E-state index is 13.6. The molecule has 0 heterocycles. The van der Waals surface area contributed by atoms with E-state index in [1.165, 1.54) is 54.3 Å². The van der Waals surface area contributed by atoms with Gasteiger partial charge in [0.05, 0.1) is 0 Å². The fourth-order valence-corrected chi connectivity index (χ4v) is 20.0. The molecule has 4 aliphatic rings. The van der Waals surface area contributed by atoms with E-state index in [1.54, 1.807) is 28.2 Å². The number of hydrogen-bond donors (Lipinski definition) is 4. The second kappa shape index (κ2) is 34.6. The van der Waals surface area contributed by atoms with Gasteiger partial charge >= 0.3 is 0 Å². The van der Waals surface area contributed by atoms with Gasteiger partial charge < -0.3 is 30.2 Å². The summed E-state index contributed by atoms with van der Waals surface area (Å²) < 4.78 is 0. The number of carbonyl (C=O) groups excluding carboxylic acids is 2. The molecule has 4 aliphatic carbocycles. The van der Waals surface area contributed by atoms with E-state index in [9.17, 15) is 30.0 Å². The largest absolute Gasteiger partial charge is 0.376 e. The highest BCUT2D eigenvalue weighted by molar-refractivity contribution is 5.92. The molecule has 0 aliphatic heterocycles. The molecule has 0 unspecified atom stereocenters. The van der Waals surface area contributed by atoms with Crippen molar-refractivity contribution in [3.05, 3.63) is 402 Å². The van der Waals surface area contributed by atoms with Gasteiger partial charge in [-0.25, -0.2) is 0 Å². The van der Waals surface area contributed by atoms with Crippen LogP contribution in [0.15, 0.2) is 291 Å². The van der Waals surface area contributed by atoms with Crippen LogP contribution in [0, 0.1) is 0 Å². The lowest BCUT2D eigenvalue weighted by atomic mass is 9.76. The summed E-state index contributed by atoms with van der Waals surface area (Å²) in [7, 11) is 6.75. The molecule has 0 atom stereocenters. The van der Waals surface area contributed by atoms with Crippen molar-refractivity contribution in [1.82, 2.24) is 9.80 Å². The number of rotatable bonds is 10. The number of amides is 2. The molecule has 0 saturated carbocycles. The molecule has 0 spiro atoms. The highest BCUT2D eigenvalue weighted by atomic mass is 16.3. The summed E-state index contributed by atoms with van der Waals surface area (Å²) in [6.07, 6.45) is 1.50. The van der Waals surface area contributed by atoms with Crippen LogP contribution in [0.1, 0.15) is 277 Å². The average molecular weight is 1780 g/mol. The topological polar surface area (TPSA) is 122 Å². The molecule has 0 fully saturated rings. The standard InChI is InChI=1S/2C60H62O2.2C3H7NO/c2*1-55(2,3)39-25-29-45-46-30-26-40(56(4,5)6)34-52(46)59(61,51(45)33-39)49-19-15-13-17-43(49)37-21-23-38(24-22-37)44-18-14-16-20-50(44)60(62)53-35-41(57(7,8)9)27-31-47(53)48-32-28-42(36-54(48)60)58(10,11)12;2*1-4(2)3-5/h2*13-36,61-62H,1-12H3;2*3H,1-2H3. The molecule has 688 valence electrons. The van der Waals surface area contributed by atoms with Gasteiger partial charge in [-0.05, 0) is 177 Å². The third kappa shape index (κ3) is 17.4. The molecule has 14 aromatic carbocycles. The first-order chi connectivity index (χ1) is 62.6. The molecular weight excluding hydrogens is 1640 g/mol. The van der Waals surface area contributed by atoms with Gasteiger partial charge in [0, 0.05) is 95.0 Å². The Labute approximate surface area is 799 Å². The first-order valence-electron chi connectivity index (χ1n) is 47.5. The van der Waals surface area contributed by atoms with Gasteiger partial charge in [0.1, 0.15) is 22.4 Å². The van der Waals surface area contributed by atoms with E-state index in [2.05, 4.69) is 457 Å². The monoisotopic (exact) mass is 1780 g/mol. The third-order valence-electron chi connectivity index (χ3n) is 28.1. The van der Waals surface area contributed by atoms with Crippen molar-refractivity contribution in [2.24, 2.45) is 0 Å². The van der Waals surface area contributed by atoms with Crippen LogP contribution in [-0.2, 0) is 75.3 Å². The minimum Gasteiger partial charge on any atom is -0.376 e. The van der Waals surface area contributed by atoms with Crippen molar-refractivity contribution < 1.29 is 30.0 Å². The molecule has 14 aromatic rings. The average Bonchev–Trinajstić information content (AvgIpc) is 1.57. The van der Waals surface area contributed by atoms with Crippen LogP contribution in [0.4, 0.5) is 0 Å². The van der Waals surface area contributed by atoms with Crippen LogP contribution in [0.25, 0.3) is 89.0 Å². The number of benzene rings is 14. The molecule has 0 saturated heterocycles. The van der Waals surface area contributed by atoms with E-state index >= 15 is 0 Å². The van der Waals surface area contributed by atoms with Crippen molar-refractivity contribution in [1.29, 1.82) is 0 Å². The minimum absolute atomic E-state index is 0.0908. The number of hydrogen-bond acceptors (Lipinski definition) is 6. The molecule has 0 bridgehead atoms. The summed E-state index contributed by atoms with van der Waals surface area (Å²) >= 11 is 0. The van der Waals surface area contributed by atoms with Crippen molar-refractivity contribution in [2.45, 2.75) is 232 Å². The zero-order valence-corrected chi connectivity index (χ0v) is 84.4. The summed E-state index contributed by atoms with van der Waals surface area (Å²) in [5, 5.41) is 54.3. The molecule has 8 heteroatoms. The summed E-state index contributed by atoms with van der Waals surface area (Å²) in [4.78, 5) is 21.8. The first kappa shape index (κ1) is 96.4. The Balaban J connectivity index is 0.000000186. The summed E-state index contributed by atoms with van der Waals surface area (Å²) in [6.45, 7) is 53.6.